The zero-order chi connectivity index (χ0) is 14.9. The summed E-state index contributed by atoms with van der Waals surface area (Å²) >= 11 is 1.64. The van der Waals surface area contributed by atoms with E-state index < -0.39 is 0 Å². The Kier molecular flexibility index (Phi) is 3.72. The number of carbonyl (C=O) groups excluding carboxylic acids is 1. The number of nitrogens with zero attached hydrogens (tertiary/aromatic N) is 2. The Hall–Kier alpha value is -1.66. The van der Waals surface area contributed by atoms with Crippen LogP contribution >= 0.6 is 11.3 Å². The number of hydrogen-bond acceptors (Lipinski definition) is 4. The number of aromatic nitrogens is 2. The Morgan fingerprint density at radius 3 is 3.36 bits per heavy atom. The SMILES string of the molecule is O=C(Cc1cccs1)N1CCCC1c1n[nH]c2c1COCC2. The second kappa shape index (κ2) is 5.85. The first kappa shape index (κ1) is 14.0. The van der Waals surface area contributed by atoms with Crippen molar-refractivity contribution in [2.75, 3.05) is 13.2 Å². The van der Waals surface area contributed by atoms with Gasteiger partial charge in [-0.1, -0.05) is 6.07 Å². The summed E-state index contributed by atoms with van der Waals surface area (Å²) in [6, 6.07) is 4.13. The normalized spacial score (nSPS) is 21.1. The molecule has 2 aromatic heterocycles. The number of hydrogen-bond donors (Lipinski definition) is 1. The number of ether oxygens (including phenoxy) is 1. The van der Waals surface area contributed by atoms with Gasteiger partial charge in [0.25, 0.3) is 0 Å². The van der Waals surface area contributed by atoms with Crippen LogP contribution in [0.4, 0.5) is 0 Å². The number of thiophene rings is 1. The first-order valence-corrected chi connectivity index (χ1v) is 8.66. The van der Waals surface area contributed by atoms with Crippen LogP contribution in [0.1, 0.15) is 40.7 Å². The maximum absolute atomic E-state index is 12.6. The molecular formula is C16H19N3O2S. The smallest absolute Gasteiger partial charge is 0.228 e. The van der Waals surface area contributed by atoms with Crippen molar-refractivity contribution in [3.05, 3.63) is 39.3 Å². The molecule has 1 N–H and O–H groups in total. The summed E-state index contributed by atoms with van der Waals surface area (Å²) in [6.45, 7) is 2.20. The zero-order valence-electron chi connectivity index (χ0n) is 12.4. The molecule has 116 valence electrons. The lowest BCUT2D eigenvalue weighted by molar-refractivity contribution is -0.131. The molecular weight excluding hydrogens is 298 g/mol. The van der Waals surface area contributed by atoms with Crippen LogP contribution in [0.25, 0.3) is 0 Å². The number of fused-ring (bicyclic) bond motifs is 1. The van der Waals surface area contributed by atoms with E-state index in [4.69, 9.17) is 4.74 Å². The Morgan fingerprint density at radius 2 is 2.50 bits per heavy atom. The average Bonchev–Trinajstić information content (AvgIpc) is 3.26. The van der Waals surface area contributed by atoms with Gasteiger partial charge in [0.2, 0.25) is 5.91 Å². The van der Waals surface area contributed by atoms with Gasteiger partial charge in [-0.05, 0) is 24.3 Å². The van der Waals surface area contributed by atoms with Crippen molar-refractivity contribution in [1.82, 2.24) is 15.1 Å². The maximum Gasteiger partial charge on any atom is 0.228 e. The van der Waals surface area contributed by atoms with E-state index in [1.165, 1.54) is 11.3 Å². The van der Waals surface area contributed by atoms with E-state index in [0.29, 0.717) is 13.0 Å². The molecule has 6 heteroatoms. The molecule has 2 aromatic rings. The van der Waals surface area contributed by atoms with Crippen molar-refractivity contribution in [3.8, 4) is 0 Å². The summed E-state index contributed by atoms with van der Waals surface area (Å²) in [7, 11) is 0. The van der Waals surface area contributed by atoms with Gasteiger partial charge in [-0.25, -0.2) is 0 Å². The molecule has 1 saturated heterocycles. The van der Waals surface area contributed by atoms with Crippen LogP contribution in [0.2, 0.25) is 0 Å². The topological polar surface area (TPSA) is 58.2 Å². The zero-order valence-corrected chi connectivity index (χ0v) is 13.2. The van der Waals surface area contributed by atoms with Crippen LogP contribution in [0, 0.1) is 0 Å². The van der Waals surface area contributed by atoms with E-state index in [9.17, 15) is 4.79 Å². The summed E-state index contributed by atoms with van der Waals surface area (Å²) in [5, 5.41) is 9.67. The fraction of sp³-hybridized carbons (Fsp3) is 0.500. The highest BCUT2D eigenvalue weighted by molar-refractivity contribution is 7.10. The van der Waals surface area contributed by atoms with E-state index in [0.717, 1.165) is 43.0 Å². The molecule has 0 spiro atoms. The molecule has 2 aliphatic rings. The number of amides is 1. The molecule has 1 amide bonds. The van der Waals surface area contributed by atoms with Crippen molar-refractivity contribution < 1.29 is 9.53 Å². The molecule has 0 aromatic carbocycles. The van der Waals surface area contributed by atoms with Crippen molar-refractivity contribution in [1.29, 1.82) is 0 Å². The van der Waals surface area contributed by atoms with Crippen LogP contribution in [0.3, 0.4) is 0 Å². The van der Waals surface area contributed by atoms with Crippen LogP contribution in [0.5, 0.6) is 0 Å². The molecule has 1 fully saturated rings. The Balaban J connectivity index is 1.56. The summed E-state index contributed by atoms with van der Waals surface area (Å²) in [4.78, 5) is 15.8. The minimum absolute atomic E-state index is 0.106. The summed E-state index contributed by atoms with van der Waals surface area (Å²) in [5.41, 5.74) is 3.37. The highest BCUT2D eigenvalue weighted by Gasteiger charge is 2.34. The second-order valence-electron chi connectivity index (χ2n) is 5.87. The number of aromatic amines is 1. The minimum Gasteiger partial charge on any atom is -0.376 e. The number of carbonyl (C=O) groups is 1. The Morgan fingerprint density at radius 1 is 1.55 bits per heavy atom. The van der Waals surface area contributed by atoms with Crippen molar-refractivity contribution in [2.24, 2.45) is 0 Å². The van der Waals surface area contributed by atoms with Gasteiger partial charge in [0.1, 0.15) is 0 Å². The molecule has 0 radical (unpaired) electrons. The molecule has 4 heterocycles. The number of likely N-dealkylation sites (tertiary alicyclic amines) is 1. The van der Waals surface area contributed by atoms with Gasteiger partial charge in [0, 0.05) is 29.1 Å². The second-order valence-corrected chi connectivity index (χ2v) is 6.90. The lowest BCUT2D eigenvalue weighted by Gasteiger charge is -2.25. The van der Waals surface area contributed by atoms with Gasteiger partial charge in [-0.15, -0.1) is 11.3 Å². The van der Waals surface area contributed by atoms with Crippen LogP contribution in [-0.2, 0) is 29.0 Å². The van der Waals surface area contributed by atoms with Gasteiger partial charge in [0.05, 0.1) is 31.4 Å². The van der Waals surface area contributed by atoms with Crippen molar-refractivity contribution in [2.45, 2.75) is 38.3 Å². The van der Waals surface area contributed by atoms with Crippen LogP contribution in [0.15, 0.2) is 17.5 Å². The highest BCUT2D eigenvalue weighted by Crippen LogP contribution is 2.35. The molecule has 2 aliphatic heterocycles. The van der Waals surface area contributed by atoms with Crippen molar-refractivity contribution >= 4 is 17.2 Å². The molecule has 1 atom stereocenters. The van der Waals surface area contributed by atoms with E-state index in [-0.39, 0.29) is 11.9 Å². The highest BCUT2D eigenvalue weighted by atomic mass is 32.1. The van der Waals surface area contributed by atoms with E-state index in [1.807, 2.05) is 22.4 Å². The maximum atomic E-state index is 12.6. The third kappa shape index (κ3) is 2.46. The number of H-pyrrole nitrogens is 1. The van der Waals surface area contributed by atoms with Gasteiger partial charge < -0.3 is 9.64 Å². The number of nitrogens with one attached hydrogen (secondary N) is 1. The minimum atomic E-state index is 0.106. The van der Waals surface area contributed by atoms with Crippen LogP contribution in [-0.4, -0.2) is 34.2 Å². The third-order valence-electron chi connectivity index (χ3n) is 4.52. The Labute approximate surface area is 133 Å². The third-order valence-corrected chi connectivity index (χ3v) is 5.40. The predicted molar refractivity (Wildman–Crippen MR) is 83.7 cm³/mol. The van der Waals surface area contributed by atoms with Gasteiger partial charge >= 0.3 is 0 Å². The standard InChI is InChI=1S/C16H19N3O2S/c20-15(9-11-3-2-8-22-11)19-6-1-4-14(19)16-12-10-21-7-5-13(12)17-18-16/h2-3,8,14H,1,4-7,9-10H2,(H,17,18). The summed E-state index contributed by atoms with van der Waals surface area (Å²) in [5.74, 6) is 0.207. The van der Waals surface area contributed by atoms with E-state index in [2.05, 4.69) is 10.2 Å². The molecule has 0 aliphatic carbocycles. The fourth-order valence-electron chi connectivity index (χ4n) is 3.42. The molecule has 0 bridgehead atoms. The number of rotatable bonds is 3. The van der Waals surface area contributed by atoms with Gasteiger partial charge in [-0.3, -0.25) is 9.89 Å². The molecule has 0 saturated carbocycles. The molecule has 5 nitrogen and oxygen atoms in total. The molecule has 1 unspecified atom stereocenters. The average molecular weight is 317 g/mol. The van der Waals surface area contributed by atoms with E-state index >= 15 is 0 Å². The predicted octanol–water partition coefficient (Wildman–Crippen LogP) is 2.45. The Bertz CT molecular complexity index is 665. The van der Waals surface area contributed by atoms with Gasteiger partial charge in [0.15, 0.2) is 0 Å². The quantitative estimate of drug-likeness (QED) is 0.946. The van der Waals surface area contributed by atoms with E-state index in [1.54, 1.807) is 11.3 Å². The largest absolute Gasteiger partial charge is 0.376 e. The monoisotopic (exact) mass is 317 g/mol. The lowest BCUT2D eigenvalue weighted by Crippen LogP contribution is -2.32. The molecule has 22 heavy (non-hydrogen) atoms. The lowest BCUT2D eigenvalue weighted by atomic mass is 10.0. The summed E-state index contributed by atoms with van der Waals surface area (Å²) in [6.07, 6.45) is 3.42. The van der Waals surface area contributed by atoms with Gasteiger partial charge in [-0.2, -0.15) is 5.10 Å². The summed E-state index contributed by atoms with van der Waals surface area (Å²) < 4.78 is 5.57. The first-order valence-electron chi connectivity index (χ1n) is 7.78. The molecule has 4 rings (SSSR count). The first-order chi connectivity index (χ1) is 10.8. The fourth-order valence-corrected chi connectivity index (χ4v) is 4.12. The van der Waals surface area contributed by atoms with Crippen molar-refractivity contribution in [3.63, 3.8) is 0 Å². The van der Waals surface area contributed by atoms with Crippen LogP contribution < -0.4 is 0 Å².